The largest absolute Gasteiger partial charge is 0.481 e. The fourth-order valence-electron chi connectivity index (χ4n) is 3.03. The van der Waals surface area contributed by atoms with Crippen LogP contribution in [0.4, 0.5) is 5.69 Å². The minimum Gasteiger partial charge on any atom is -0.481 e. The highest BCUT2D eigenvalue weighted by Gasteiger charge is 2.59. The van der Waals surface area contributed by atoms with Crippen LogP contribution in [0.2, 0.25) is 0 Å². The molecule has 0 unspecified atom stereocenters. The quantitative estimate of drug-likeness (QED) is 0.820. The zero-order valence-electron chi connectivity index (χ0n) is 11.2. The van der Waals surface area contributed by atoms with Crippen LogP contribution in [0, 0.1) is 11.8 Å². The number of amides is 1. The van der Waals surface area contributed by atoms with Crippen LogP contribution < -0.4 is 5.32 Å². The van der Waals surface area contributed by atoms with Gasteiger partial charge in [0.05, 0.1) is 17.6 Å². The number of rotatable bonds is 3. The number of aliphatic carboxylic acids is 1. The van der Waals surface area contributed by atoms with E-state index in [0.717, 1.165) is 4.47 Å². The van der Waals surface area contributed by atoms with Crippen LogP contribution in [0.15, 0.2) is 40.9 Å². The predicted octanol–water partition coefficient (Wildman–Crippen LogP) is 2.43. The third-order valence-corrected chi connectivity index (χ3v) is 4.55. The molecule has 1 saturated heterocycles. The van der Waals surface area contributed by atoms with Crippen LogP contribution in [0.1, 0.15) is 6.92 Å². The van der Waals surface area contributed by atoms with Crippen molar-refractivity contribution in [2.45, 2.75) is 18.6 Å². The molecule has 1 aromatic rings. The molecule has 5 nitrogen and oxygen atoms in total. The van der Waals surface area contributed by atoms with E-state index in [-0.39, 0.29) is 5.91 Å². The third kappa shape index (κ3) is 2.38. The second-order valence-corrected chi connectivity index (χ2v) is 6.38. The molecule has 4 atom stereocenters. The van der Waals surface area contributed by atoms with Crippen LogP contribution in [0.3, 0.4) is 0 Å². The first-order valence-corrected chi connectivity index (χ1v) is 7.36. The van der Waals surface area contributed by atoms with Gasteiger partial charge >= 0.3 is 5.97 Å². The van der Waals surface area contributed by atoms with E-state index >= 15 is 0 Å². The van der Waals surface area contributed by atoms with Crippen molar-refractivity contribution in [1.29, 1.82) is 0 Å². The number of hydrogen-bond acceptors (Lipinski definition) is 3. The van der Waals surface area contributed by atoms with Gasteiger partial charge in [-0.1, -0.05) is 28.1 Å². The molecule has 0 aromatic heterocycles. The topological polar surface area (TPSA) is 75.6 Å². The maximum Gasteiger partial charge on any atom is 0.310 e. The molecule has 2 heterocycles. The van der Waals surface area contributed by atoms with Gasteiger partial charge in [-0.2, -0.15) is 0 Å². The summed E-state index contributed by atoms with van der Waals surface area (Å²) in [7, 11) is 0. The number of benzene rings is 1. The van der Waals surface area contributed by atoms with Crippen LogP contribution in [0.25, 0.3) is 0 Å². The zero-order valence-corrected chi connectivity index (χ0v) is 12.8. The number of carboxylic acid groups (broad SMARTS) is 1. The van der Waals surface area contributed by atoms with E-state index in [1.54, 1.807) is 31.2 Å². The smallest absolute Gasteiger partial charge is 0.310 e. The molecule has 2 bridgehead atoms. The Labute approximate surface area is 130 Å². The summed E-state index contributed by atoms with van der Waals surface area (Å²) in [6.07, 6.45) is 2.97. The van der Waals surface area contributed by atoms with Gasteiger partial charge in [0, 0.05) is 10.2 Å². The highest BCUT2D eigenvalue weighted by atomic mass is 79.9. The van der Waals surface area contributed by atoms with Gasteiger partial charge in [0.15, 0.2) is 0 Å². The van der Waals surface area contributed by atoms with E-state index in [4.69, 9.17) is 4.74 Å². The number of anilines is 1. The molecule has 2 aliphatic heterocycles. The second-order valence-electron chi connectivity index (χ2n) is 5.46. The summed E-state index contributed by atoms with van der Waals surface area (Å²) in [6.45, 7) is 1.75. The monoisotopic (exact) mass is 351 g/mol. The number of carboxylic acids is 1. The highest BCUT2D eigenvalue weighted by Crippen LogP contribution is 2.47. The molecule has 21 heavy (non-hydrogen) atoms. The summed E-state index contributed by atoms with van der Waals surface area (Å²) in [5, 5.41) is 12.1. The van der Waals surface area contributed by atoms with Gasteiger partial charge in [-0.05, 0) is 31.2 Å². The number of hydrogen-bond donors (Lipinski definition) is 2. The Bertz CT molecular complexity index is 627. The van der Waals surface area contributed by atoms with Crippen molar-refractivity contribution in [1.82, 2.24) is 0 Å². The van der Waals surface area contributed by atoms with Gasteiger partial charge in [0.2, 0.25) is 5.91 Å². The van der Waals surface area contributed by atoms with E-state index in [9.17, 15) is 14.7 Å². The Balaban J connectivity index is 1.84. The zero-order chi connectivity index (χ0) is 15.2. The first-order chi connectivity index (χ1) is 9.90. The van der Waals surface area contributed by atoms with Crippen LogP contribution in [-0.4, -0.2) is 28.7 Å². The van der Waals surface area contributed by atoms with Gasteiger partial charge in [0.1, 0.15) is 5.92 Å². The molecule has 6 heteroatoms. The van der Waals surface area contributed by atoms with Crippen molar-refractivity contribution in [3.8, 4) is 0 Å². The molecule has 3 rings (SSSR count). The van der Waals surface area contributed by atoms with E-state index in [1.807, 2.05) is 12.1 Å². The first kappa shape index (κ1) is 14.3. The summed E-state index contributed by atoms with van der Waals surface area (Å²) in [5.41, 5.74) is -0.227. The molecular formula is C15H14BrNO4. The molecule has 110 valence electrons. The third-order valence-electron chi connectivity index (χ3n) is 4.02. The van der Waals surface area contributed by atoms with E-state index < -0.39 is 29.5 Å². The maximum absolute atomic E-state index is 12.5. The van der Waals surface area contributed by atoms with Crippen molar-refractivity contribution in [3.05, 3.63) is 40.9 Å². The predicted molar refractivity (Wildman–Crippen MR) is 79.8 cm³/mol. The molecular weight excluding hydrogens is 338 g/mol. The van der Waals surface area contributed by atoms with Crippen LogP contribution >= 0.6 is 15.9 Å². The van der Waals surface area contributed by atoms with Crippen molar-refractivity contribution >= 4 is 33.5 Å². The number of ether oxygens (including phenoxy) is 1. The number of carbonyl (C=O) groups is 2. The Kier molecular flexibility index (Phi) is 3.37. The first-order valence-electron chi connectivity index (χ1n) is 6.57. The van der Waals surface area contributed by atoms with Gasteiger partial charge in [-0.25, -0.2) is 0 Å². The van der Waals surface area contributed by atoms with E-state index in [2.05, 4.69) is 21.2 Å². The average Bonchev–Trinajstić information content (AvgIpc) is 2.94. The van der Waals surface area contributed by atoms with Gasteiger partial charge in [0.25, 0.3) is 0 Å². The normalized spacial score (nSPS) is 33.1. The average molecular weight is 352 g/mol. The molecule has 0 radical (unpaired) electrons. The summed E-state index contributed by atoms with van der Waals surface area (Å²) in [5.74, 6) is -2.94. The molecule has 1 fully saturated rings. The van der Waals surface area contributed by atoms with E-state index in [0.29, 0.717) is 5.69 Å². The fourth-order valence-corrected chi connectivity index (χ4v) is 3.30. The Morgan fingerprint density at radius 2 is 2.00 bits per heavy atom. The number of halogens is 1. The van der Waals surface area contributed by atoms with Gasteiger partial charge < -0.3 is 15.2 Å². The van der Waals surface area contributed by atoms with Crippen molar-refractivity contribution in [2.75, 3.05) is 5.32 Å². The molecule has 0 saturated carbocycles. The summed E-state index contributed by atoms with van der Waals surface area (Å²) in [4.78, 5) is 24.0. The lowest BCUT2D eigenvalue weighted by molar-refractivity contribution is -0.146. The van der Waals surface area contributed by atoms with Crippen molar-refractivity contribution < 1.29 is 19.4 Å². The Hall–Kier alpha value is -1.66. The van der Waals surface area contributed by atoms with Gasteiger partial charge in [-0.15, -0.1) is 0 Å². The van der Waals surface area contributed by atoms with Crippen LogP contribution in [0.5, 0.6) is 0 Å². The molecule has 2 aliphatic rings. The molecule has 2 N–H and O–H groups in total. The number of fused-ring (bicyclic) bond motifs is 2. The Morgan fingerprint density at radius 1 is 1.33 bits per heavy atom. The molecule has 0 aliphatic carbocycles. The van der Waals surface area contributed by atoms with Gasteiger partial charge in [-0.3, -0.25) is 9.59 Å². The molecule has 1 aromatic carbocycles. The lowest BCUT2D eigenvalue weighted by Crippen LogP contribution is -2.44. The van der Waals surface area contributed by atoms with Crippen molar-refractivity contribution in [3.63, 3.8) is 0 Å². The highest BCUT2D eigenvalue weighted by molar-refractivity contribution is 9.10. The summed E-state index contributed by atoms with van der Waals surface area (Å²) >= 11 is 3.32. The minimum absolute atomic E-state index is 0.334. The number of carbonyl (C=O) groups excluding carboxylic acids is 1. The molecule has 0 spiro atoms. The summed E-state index contributed by atoms with van der Waals surface area (Å²) < 4.78 is 6.57. The maximum atomic E-state index is 12.5. The van der Waals surface area contributed by atoms with Crippen LogP contribution in [-0.2, 0) is 14.3 Å². The van der Waals surface area contributed by atoms with E-state index in [1.165, 1.54) is 0 Å². The standard InChI is InChI=1S/C15H14BrNO4/c1-15-7-6-10(21-15)11(14(19)20)12(15)13(18)17-9-4-2-8(16)3-5-9/h2-7,10-12H,1H3,(H,17,18)(H,19,20)/t10-,11-,12+,15+/m1/s1. The Morgan fingerprint density at radius 3 is 2.62 bits per heavy atom. The second kappa shape index (κ2) is 4.96. The fraction of sp³-hybridized carbons (Fsp3) is 0.333. The SMILES string of the molecule is C[C@@]12C=C[C@@H](O1)[C@@H](C(=O)O)[C@H]2C(=O)Nc1ccc(Br)cc1. The molecule has 1 amide bonds. The minimum atomic E-state index is -1.01. The summed E-state index contributed by atoms with van der Waals surface area (Å²) in [6, 6.07) is 7.13. The van der Waals surface area contributed by atoms with Crippen molar-refractivity contribution in [2.24, 2.45) is 11.8 Å². The lowest BCUT2D eigenvalue weighted by Gasteiger charge is -2.27. The number of nitrogens with one attached hydrogen (secondary N) is 1. The lowest BCUT2D eigenvalue weighted by atomic mass is 9.75.